The van der Waals surface area contributed by atoms with E-state index in [1.807, 2.05) is 36.6 Å². The van der Waals surface area contributed by atoms with Crippen LogP contribution in [0.1, 0.15) is 55.5 Å². The van der Waals surface area contributed by atoms with Gasteiger partial charge in [-0.2, -0.15) is 0 Å². The number of amides is 2. The Morgan fingerprint density at radius 3 is 2.61 bits per heavy atom. The van der Waals surface area contributed by atoms with Gasteiger partial charge in [0.25, 0.3) is 0 Å². The lowest BCUT2D eigenvalue weighted by Gasteiger charge is -2.32. The summed E-state index contributed by atoms with van der Waals surface area (Å²) in [6.07, 6.45) is 5.20. The maximum atomic E-state index is 13.5. The number of nitrogens with one attached hydrogen (secondary N) is 1. The van der Waals surface area contributed by atoms with E-state index in [9.17, 15) is 9.59 Å². The van der Waals surface area contributed by atoms with E-state index in [4.69, 9.17) is 16.3 Å². The predicted molar refractivity (Wildman–Crippen MR) is 125 cm³/mol. The van der Waals surface area contributed by atoms with Crippen molar-refractivity contribution in [1.82, 2.24) is 10.2 Å². The summed E-state index contributed by atoms with van der Waals surface area (Å²) in [5.74, 6) is -0.175. The zero-order valence-corrected chi connectivity index (χ0v) is 19.6. The smallest absolute Gasteiger partial charge is 0.247 e. The molecule has 0 spiro atoms. The number of ether oxygens (including phenoxy) is 1. The minimum atomic E-state index is -0.688. The maximum Gasteiger partial charge on any atom is 0.247 e. The first-order valence-corrected chi connectivity index (χ1v) is 12.3. The Hall–Kier alpha value is -1.89. The summed E-state index contributed by atoms with van der Waals surface area (Å²) in [7, 11) is 0. The summed E-state index contributed by atoms with van der Waals surface area (Å²) < 4.78 is 5.48. The fourth-order valence-electron chi connectivity index (χ4n) is 4.01. The van der Waals surface area contributed by atoms with Crippen LogP contribution in [0.2, 0.25) is 5.02 Å². The molecule has 168 valence electrons. The normalized spacial score (nSPS) is 15.0. The van der Waals surface area contributed by atoms with Gasteiger partial charge >= 0.3 is 0 Å². The van der Waals surface area contributed by atoms with E-state index in [0.29, 0.717) is 31.2 Å². The lowest BCUT2D eigenvalue weighted by Crippen LogP contribution is -2.47. The van der Waals surface area contributed by atoms with Crippen LogP contribution in [0.5, 0.6) is 0 Å². The van der Waals surface area contributed by atoms with Gasteiger partial charge < -0.3 is 15.0 Å². The monoisotopic (exact) mass is 462 g/mol. The van der Waals surface area contributed by atoms with Gasteiger partial charge in [0.05, 0.1) is 6.42 Å². The minimum absolute atomic E-state index is 0.0551. The van der Waals surface area contributed by atoms with Gasteiger partial charge in [-0.15, -0.1) is 11.3 Å². The van der Waals surface area contributed by atoms with Crippen molar-refractivity contribution in [3.63, 3.8) is 0 Å². The molecule has 1 heterocycles. The average Bonchev–Trinajstić information content (AvgIpc) is 3.45. The first kappa shape index (κ1) is 23.8. The van der Waals surface area contributed by atoms with Crippen LogP contribution in [0.25, 0.3) is 0 Å². The van der Waals surface area contributed by atoms with Crippen LogP contribution in [0.4, 0.5) is 0 Å². The van der Waals surface area contributed by atoms with Crippen molar-refractivity contribution in [2.45, 2.75) is 57.5 Å². The van der Waals surface area contributed by atoms with Gasteiger partial charge in [0.15, 0.2) is 0 Å². The number of nitrogens with zero attached hydrogens (tertiary/aromatic N) is 1. The summed E-state index contributed by atoms with van der Waals surface area (Å²) >= 11 is 7.65. The van der Waals surface area contributed by atoms with E-state index in [-0.39, 0.29) is 24.3 Å². The Morgan fingerprint density at radius 2 is 1.97 bits per heavy atom. The predicted octanol–water partition coefficient (Wildman–Crippen LogP) is 5.00. The molecular weight excluding hydrogens is 432 g/mol. The molecule has 3 rings (SSSR count). The number of thiophene rings is 1. The number of hydrogen-bond donors (Lipinski definition) is 1. The van der Waals surface area contributed by atoms with Crippen molar-refractivity contribution in [1.29, 1.82) is 0 Å². The molecule has 0 unspecified atom stereocenters. The van der Waals surface area contributed by atoms with Gasteiger partial charge in [0, 0.05) is 35.7 Å². The van der Waals surface area contributed by atoms with Crippen molar-refractivity contribution in [3.05, 3.63) is 57.2 Å². The number of benzene rings is 1. The van der Waals surface area contributed by atoms with Crippen LogP contribution in [0, 0.1) is 0 Å². The van der Waals surface area contributed by atoms with Gasteiger partial charge in [-0.1, -0.05) is 42.6 Å². The van der Waals surface area contributed by atoms with Crippen LogP contribution in [-0.4, -0.2) is 42.5 Å². The number of hydrogen-bond acceptors (Lipinski definition) is 4. The lowest BCUT2D eigenvalue weighted by molar-refractivity contribution is -0.141. The van der Waals surface area contributed by atoms with Crippen LogP contribution in [-0.2, 0) is 20.7 Å². The Kier molecular flexibility index (Phi) is 9.37. The van der Waals surface area contributed by atoms with Gasteiger partial charge in [0.1, 0.15) is 6.04 Å². The molecule has 0 bridgehead atoms. The molecule has 1 aromatic heterocycles. The highest BCUT2D eigenvalue weighted by atomic mass is 35.5. The number of carbonyl (C=O) groups excluding carboxylic acids is 2. The second-order valence-corrected chi connectivity index (χ2v) is 9.31. The van der Waals surface area contributed by atoms with Crippen molar-refractivity contribution < 1.29 is 14.3 Å². The van der Waals surface area contributed by atoms with Crippen molar-refractivity contribution in [3.8, 4) is 0 Å². The summed E-state index contributed by atoms with van der Waals surface area (Å²) in [6.45, 7) is 3.59. The summed E-state index contributed by atoms with van der Waals surface area (Å²) in [5, 5.41) is 5.76. The van der Waals surface area contributed by atoms with E-state index in [1.54, 1.807) is 28.4 Å². The number of carbonyl (C=O) groups is 2. The van der Waals surface area contributed by atoms with Gasteiger partial charge in [-0.05, 0) is 55.3 Å². The standard InChI is InChI=1S/C24H31ClN2O3S/c1-2-30-15-6-14-27(22(28)17-21-9-5-16-31-21)23(18-10-12-19(25)13-11-18)24(29)26-20-7-3-4-8-20/h5,9-13,16,20,23H,2-4,6-8,14-15,17H2,1H3,(H,26,29)/t23-/m1/s1. The first-order valence-electron chi connectivity index (χ1n) is 11.0. The molecule has 1 aromatic carbocycles. The summed E-state index contributed by atoms with van der Waals surface area (Å²) in [6, 6.07) is 10.6. The zero-order chi connectivity index (χ0) is 22.1. The summed E-state index contributed by atoms with van der Waals surface area (Å²) in [4.78, 5) is 29.5. The third kappa shape index (κ3) is 7.06. The fraction of sp³-hybridized carbons (Fsp3) is 0.500. The molecule has 7 heteroatoms. The lowest BCUT2D eigenvalue weighted by atomic mass is 10.0. The second kappa shape index (κ2) is 12.2. The van der Waals surface area contributed by atoms with Crippen LogP contribution < -0.4 is 5.32 Å². The molecular formula is C24H31ClN2O3S. The van der Waals surface area contributed by atoms with Gasteiger partial charge in [-0.25, -0.2) is 0 Å². The third-order valence-corrected chi connectivity index (χ3v) is 6.69. The number of halogens is 1. The van der Waals surface area contributed by atoms with Crippen LogP contribution in [0.3, 0.4) is 0 Å². The topological polar surface area (TPSA) is 58.6 Å². The Labute approximate surface area is 193 Å². The van der Waals surface area contributed by atoms with Crippen molar-refractivity contribution in [2.75, 3.05) is 19.8 Å². The van der Waals surface area contributed by atoms with E-state index in [1.165, 1.54) is 0 Å². The summed E-state index contributed by atoms with van der Waals surface area (Å²) in [5.41, 5.74) is 0.774. The van der Waals surface area contributed by atoms with Crippen molar-refractivity contribution in [2.24, 2.45) is 0 Å². The molecule has 1 fully saturated rings. The molecule has 1 aliphatic carbocycles. The molecule has 1 atom stereocenters. The molecule has 1 aliphatic rings. The molecule has 1 N–H and O–H groups in total. The quantitative estimate of drug-likeness (QED) is 0.478. The second-order valence-electron chi connectivity index (χ2n) is 7.84. The molecule has 0 saturated heterocycles. The Morgan fingerprint density at radius 1 is 1.23 bits per heavy atom. The third-order valence-electron chi connectivity index (χ3n) is 5.57. The molecule has 5 nitrogen and oxygen atoms in total. The molecule has 0 aliphatic heterocycles. The first-order chi connectivity index (χ1) is 15.1. The fourth-order valence-corrected chi connectivity index (χ4v) is 4.83. The number of rotatable bonds is 11. The Balaban J connectivity index is 1.86. The molecule has 1 saturated carbocycles. The van der Waals surface area contributed by atoms with Crippen LogP contribution in [0.15, 0.2) is 41.8 Å². The van der Waals surface area contributed by atoms with E-state index in [2.05, 4.69) is 5.32 Å². The highest BCUT2D eigenvalue weighted by Gasteiger charge is 2.33. The van der Waals surface area contributed by atoms with Crippen molar-refractivity contribution >= 4 is 34.8 Å². The van der Waals surface area contributed by atoms with Crippen LogP contribution >= 0.6 is 22.9 Å². The zero-order valence-electron chi connectivity index (χ0n) is 18.0. The van der Waals surface area contributed by atoms with E-state index in [0.717, 1.165) is 36.1 Å². The largest absolute Gasteiger partial charge is 0.382 e. The van der Waals surface area contributed by atoms with Gasteiger partial charge in [-0.3, -0.25) is 9.59 Å². The highest BCUT2D eigenvalue weighted by Crippen LogP contribution is 2.27. The maximum absolute atomic E-state index is 13.5. The average molecular weight is 463 g/mol. The highest BCUT2D eigenvalue weighted by molar-refractivity contribution is 7.10. The SMILES string of the molecule is CCOCCCN(C(=O)Cc1cccs1)[C@@H](C(=O)NC1CCCC1)c1ccc(Cl)cc1. The Bertz CT molecular complexity index is 820. The molecule has 31 heavy (non-hydrogen) atoms. The van der Waals surface area contributed by atoms with E-state index >= 15 is 0 Å². The molecule has 2 amide bonds. The molecule has 2 aromatic rings. The van der Waals surface area contributed by atoms with E-state index < -0.39 is 6.04 Å². The minimum Gasteiger partial charge on any atom is -0.382 e. The van der Waals surface area contributed by atoms with Gasteiger partial charge in [0.2, 0.25) is 11.8 Å². The molecule has 0 radical (unpaired) electrons.